The maximum absolute atomic E-state index is 14.7. The number of nitrogens with one attached hydrogen (secondary N) is 3. The van der Waals surface area contributed by atoms with Crippen LogP contribution in [0, 0.1) is 0 Å². The third-order valence-corrected chi connectivity index (χ3v) is 10.2. The van der Waals surface area contributed by atoms with E-state index in [9.17, 15) is 19.2 Å². The molecule has 0 bridgehead atoms. The van der Waals surface area contributed by atoms with Gasteiger partial charge in [-0.15, -0.1) is 11.3 Å². The molecular weight excluding hydrogens is 745 g/mol. The molecule has 3 amide bonds. The summed E-state index contributed by atoms with van der Waals surface area (Å²) in [5.41, 5.74) is 3.22. The lowest BCUT2D eigenvalue weighted by Gasteiger charge is -2.20. The van der Waals surface area contributed by atoms with E-state index < -0.39 is 29.5 Å². The molecule has 0 saturated carbocycles. The SMILES string of the molecule is CCCCCCCCOc1cc(CNC(=O)OC(C)(C)C)ccc1NC(=O)c1cc2c(cc1-c1ccc(C(=O)NCCC)nc1C(=O)OC)OCCc1ccsc1-2. The number of carbonyl (C=O) groups excluding carboxylic acids is 4. The van der Waals surface area contributed by atoms with Crippen LogP contribution >= 0.6 is 11.3 Å². The molecule has 3 N–H and O–H groups in total. The molecule has 0 fully saturated rings. The predicted molar refractivity (Wildman–Crippen MR) is 222 cm³/mol. The molecule has 5 rings (SSSR count). The predicted octanol–water partition coefficient (Wildman–Crippen LogP) is 9.35. The van der Waals surface area contributed by atoms with Gasteiger partial charge in [0.15, 0.2) is 5.69 Å². The number of methoxy groups -OCH3 is 1. The van der Waals surface area contributed by atoms with Crippen molar-refractivity contribution in [3.05, 3.63) is 82.0 Å². The van der Waals surface area contributed by atoms with E-state index in [4.69, 9.17) is 18.9 Å². The van der Waals surface area contributed by atoms with Gasteiger partial charge in [0.05, 0.1) is 26.0 Å². The van der Waals surface area contributed by atoms with E-state index >= 15 is 0 Å². The van der Waals surface area contributed by atoms with Crippen LogP contribution in [-0.2, 0) is 22.4 Å². The second-order valence-electron chi connectivity index (χ2n) is 14.9. The van der Waals surface area contributed by atoms with Gasteiger partial charge in [-0.05, 0) is 92.6 Å². The van der Waals surface area contributed by atoms with Gasteiger partial charge in [-0.2, -0.15) is 0 Å². The fourth-order valence-electron chi connectivity index (χ4n) is 6.35. The highest BCUT2D eigenvalue weighted by molar-refractivity contribution is 7.13. The highest BCUT2D eigenvalue weighted by Gasteiger charge is 2.27. The largest absolute Gasteiger partial charge is 0.493 e. The minimum Gasteiger partial charge on any atom is -0.493 e. The number of pyridine rings is 1. The van der Waals surface area contributed by atoms with Crippen molar-refractivity contribution in [3.8, 4) is 33.1 Å². The molecule has 0 unspecified atom stereocenters. The Bertz CT molecular complexity index is 2050. The number of ether oxygens (including phenoxy) is 4. The van der Waals surface area contributed by atoms with Crippen LogP contribution in [0.3, 0.4) is 0 Å². The Kier molecular flexibility index (Phi) is 15.1. The van der Waals surface area contributed by atoms with Crippen molar-refractivity contribution in [1.29, 1.82) is 0 Å². The fourth-order valence-corrected chi connectivity index (χ4v) is 7.33. The molecule has 0 saturated heterocycles. The Hall–Kier alpha value is -5.43. The summed E-state index contributed by atoms with van der Waals surface area (Å²) in [4.78, 5) is 58.7. The number of hydrogen-bond acceptors (Lipinski definition) is 10. The van der Waals surface area contributed by atoms with Crippen molar-refractivity contribution < 1.29 is 38.1 Å². The van der Waals surface area contributed by atoms with Crippen molar-refractivity contribution in [2.24, 2.45) is 0 Å². The van der Waals surface area contributed by atoms with Gasteiger partial charge in [0, 0.05) is 46.6 Å². The molecule has 1 aliphatic rings. The molecule has 0 radical (unpaired) electrons. The van der Waals surface area contributed by atoms with E-state index in [1.54, 1.807) is 68.5 Å². The quantitative estimate of drug-likeness (QED) is 0.0700. The number of thiophene rings is 1. The van der Waals surface area contributed by atoms with Crippen molar-refractivity contribution >= 4 is 40.9 Å². The molecule has 304 valence electrons. The second kappa shape index (κ2) is 20.1. The minimum atomic E-state index is -0.765. The highest BCUT2D eigenvalue weighted by Crippen LogP contribution is 2.43. The lowest BCUT2D eigenvalue weighted by atomic mass is 9.93. The number of benzene rings is 2. The van der Waals surface area contributed by atoms with E-state index in [2.05, 4.69) is 33.9 Å². The summed E-state index contributed by atoms with van der Waals surface area (Å²) >= 11 is 1.56. The summed E-state index contributed by atoms with van der Waals surface area (Å²) in [5.74, 6) is -0.674. The third-order valence-electron chi connectivity index (χ3n) is 9.20. The van der Waals surface area contributed by atoms with Gasteiger partial charge in [0.25, 0.3) is 11.8 Å². The van der Waals surface area contributed by atoms with Crippen LogP contribution in [0.4, 0.5) is 10.5 Å². The first-order chi connectivity index (χ1) is 27.4. The van der Waals surface area contributed by atoms with Crippen LogP contribution < -0.4 is 25.4 Å². The van der Waals surface area contributed by atoms with Crippen LogP contribution in [0.2, 0.25) is 0 Å². The van der Waals surface area contributed by atoms with Crippen LogP contribution in [-0.4, -0.2) is 61.3 Å². The molecule has 2 aromatic carbocycles. The molecule has 12 nitrogen and oxygen atoms in total. The number of amides is 3. The Balaban J connectivity index is 1.54. The standard InChI is InChI=1S/C44H54N4O8S/c1-7-9-10-11-12-13-21-54-37-24-28(27-46-43(52)56-44(3,4)5)14-16-34(37)48-40(49)32-25-33-36(55-22-18-29-19-23-57-39(29)33)26-31(32)30-15-17-35(41(50)45-20-8-2)47-38(30)42(51)53-6/h14-17,19,23-26H,7-13,18,20-22,27H2,1-6H3,(H,45,50)(H,46,52)(H,48,49). The summed E-state index contributed by atoms with van der Waals surface area (Å²) in [6, 6.07) is 14.1. The normalized spacial score (nSPS) is 12.0. The molecule has 3 heterocycles. The summed E-state index contributed by atoms with van der Waals surface area (Å²) in [6.45, 7) is 11.0. The topological polar surface area (TPSA) is 154 Å². The Morgan fingerprint density at radius 3 is 2.40 bits per heavy atom. The molecule has 13 heteroatoms. The van der Waals surface area contributed by atoms with Crippen molar-refractivity contribution in [2.75, 3.05) is 32.2 Å². The van der Waals surface area contributed by atoms with Gasteiger partial charge in [0.2, 0.25) is 0 Å². The Morgan fingerprint density at radius 1 is 0.860 bits per heavy atom. The highest BCUT2D eigenvalue weighted by atomic mass is 32.1. The Morgan fingerprint density at radius 2 is 1.65 bits per heavy atom. The maximum Gasteiger partial charge on any atom is 0.407 e. The third kappa shape index (κ3) is 11.6. The average molecular weight is 799 g/mol. The molecule has 0 spiro atoms. The van der Waals surface area contributed by atoms with Gasteiger partial charge in [-0.1, -0.05) is 52.0 Å². The van der Waals surface area contributed by atoms with Gasteiger partial charge in [0.1, 0.15) is 22.8 Å². The van der Waals surface area contributed by atoms with Gasteiger partial charge < -0.3 is 34.9 Å². The number of unbranched alkanes of at least 4 members (excludes halogenated alkanes) is 5. The van der Waals surface area contributed by atoms with Gasteiger partial charge in [-0.3, -0.25) is 9.59 Å². The zero-order chi connectivity index (χ0) is 41.0. The van der Waals surface area contributed by atoms with Gasteiger partial charge in [-0.25, -0.2) is 14.6 Å². The van der Waals surface area contributed by atoms with Crippen molar-refractivity contribution in [3.63, 3.8) is 0 Å². The Labute approximate surface area is 339 Å². The van der Waals surface area contributed by atoms with E-state index in [0.717, 1.165) is 47.3 Å². The smallest absolute Gasteiger partial charge is 0.407 e. The summed E-state index contributed by atoms with van der Waals surface area (Å²) in [6.07, 6.45) is 7.38. The second-order valence-corrected chi connectivity index (χ2v) is 15.8. The minimum absolute atomic E-state index is 0.0428. The van der Waals surface area contributed by atoms with E-state index in [-0.39, 0.29) is 23.5 Å². The number of rotatable bonds is 17. The van der Waals surface area contributed by atoms with Crippen LogP contribution in [0.1, 0.15) is 122 Å². The first kappa shape index (κ1) is 42.7. The van der Waals surface area contributed by atoms with Crippen molar-refractivity contribution in [1.82, 2.24) is 15.6 Å². The number of alkyl carbamates (subject to hydrolysis) is 1. The molecule has 2 aromatic heterocycles. The number of aromatic nitrogens is 1. The van der Waals surface area contributed by atoms with Crippen molar-refractivity contribution in [2.45, 2.75) is 98.1 Å². The van der Waals surface area contributed by atoms with E-state index in [1.165, 1.54) is 32.4 Å². The lowest BCUT2D eigenvalue weighted by molar-refractivity contribution is 0.0521. The molecule has 0 atom stereocenters. The summed E-state index contributed by atoms with van der Waals surface area (Å²) < 4.78 is 23.1. The molecule has 57 heavy (non-hydrogen) atoms. The fraction of sp³-hybridized carbons (Fsp3) is 0.432. The van der Waals surface area contributed by atoms with Gasteiger partial charge >= 0.3 is 12.1 Å². The number of esters is 1. The number of fused-ring (bicyclic) bond motifs is 3. The first-order valence-corrected chi connectivity index (χ1v) is 20.6. The number of anilines is 1. The van der Waals surface area contributed by atoms with Crippen LogP contribution in [0.15, 0.2) is 53.9 Å². The molecular formula is C44H54N4O8S. The molecule has 0 aliphatic carbocycles. The van der Waals surface area contributed by atoms with E-state index in [0.29, 0.717) is 54.5 Å². The lowest BCUT2D eigenvalue weighted by Crippen LogP contribution is -2.32. The number of hydrogen-bond donors (Lipinski definition) is 3. The first-order valence-electron chi connectivity index (χ1n) is 19.7. The van der Waals surface area contributed by atoms with Crippen LogP contribution in [0.25, 0.3) is 21.6 Å². The van der Waals surface area contributed by atoms with Crippen LogP contribution in [0.5, 0.6) is 11.5 Å². The average Bonchev–Trinajstić information content (AvgIpc) is 3.59. The number of carbonyl (C=O) groups is 4. The summed E-state index contributed by atoms with van der Waals surface area (Å²) in [5, 5.41) is 10.7. The zero-order valence-electron chi connectivity index (χ0n) is 33.8. The molecule has 4 aromatic rings. The van der Waals surface area contributed by atoms with E-state index in [1.807, 2.05) is 12.3 Å². The summed E-state index contributed by atoms with van der Waals surface area (Å²) in [7, 11) is 1.24. The maximum atomic E-state index is 14.7. The monoisotopic (exact) mass is 798 g/mol. The molecule has 1 aliphatic heterocycles. The zero-order valence-corrected chi connectivity index (χ0v) is 34.6. The number of nitrogens with zero attached hydrogens (tertiary/aromatic N) is 1.